The molecule has 1 rings (SSSR count). The van der Waals surface area contributed by atoms with Gasteiger partial charge >= 0.3 is 0 Å². The van der Waals surface area contributed by atoms with Crippen LogP contribution in [0.4, 0.5) is 5.82 Å². The molecule has 1 aromatic heterocycles. The maximum Gasteiger partial charge on any atom is 0.239 e. The molecule has 0 bridgehead atoms. The summed E-state index contributed by atoms with van der Waals surface area (Å²) in [6, 6.07) is 0. The van der Waals surface area contributed by atoms with Gasteiger partial charge < -0.3 is 11.1 Å². The first kappa shape index (κ1) is 8.73. The fourth-order valence-electron chi connectivity index (χ4n) is 0.790. The molecule has 0 spiro atoms. The number of hydrogen-bond acceptors (Lipinski definition) is 3. The van der Waals surface area contributed by atoms with E-state index >= 15 is 0 Å². The first-order chi connectivity index (χ1) is 5.65. The lowest BCUT2D eigenvalue weighted by Gasteiger charge is -1.98. The Morgan fingerprint density at radius 3 is 2.75 bits per heavy atom. The summed E-state index contributed by atoms with van der Waals surface area (Å²) < 4.78 is 0. The number of nitrogens with two attached hydrogens (primary N) is 1. The third-order valence-electron chi connectivity index (χ3n) is 1.70. The molecule has 12 heavy (non-hydrogen) atoms. The molecule has 5 nitrogen and oxygen atoms in total. The SMILES string of the molecule is Cc1[nH]nc(NC(=O)CN)c1C. The van der Waals surface area contributed by atoms with E-state index in [0.29, 0.717) is 5.82 Å². The Labute approximate surface area is 70.3 Å². The topological polar surface area (TPSA) is 83.8 Å². The Kier molecular flexibility index (Phi) is 2.44. The lowest BCUT2D eigenvalue weighted by atomic mass is 10.3. The summed E-state index contributed by atoms with van der Waals surface area (Å²) >= 11 is 0. The number of nitrogens with zero attached hydrogens (tertiary/aromatic N) is 1. The van der Waals surface area contributed by atoms with Crippen molar-refractivity contribution in [3.63, 3.8) is 0 Å². The lowest BCUT2D eigenvalue weighted by molar-refractivity contribution is -0.114. The Bertz CT molecular complexity index is 292. The van der Waals surface area contributed by atoms with E-state index in [9.17, 15) is 4.79 Å². The molecule has 0 aromatic carbocycles. The number of aromatic amines is 1. The monoisotopic (exact) mass is 168 g/mol. The molecule has 4 N–H and O–H groups in total. The summed E-state index contributed by atoms with van der Waals surface area (Å²) in [5.41, 5.74) is 7.01. The van der Waals surface area contributed by atoms with Crippen LogP contribution in [0.2, 0.25) is 0 Å². The predicted octanol–water partition coefficient (Wildman–Crippen LogP) is -0.0763. The number of aryl methyl sites for hydroxylation is 1. The van der Waals surface area contributed by atoms with Gasteiger partial charge in [0, 0.05) is 11.3 Å². The first-order valence-corrected chi connectivity index (χ1v) is 3.66. The number of hydrogen-bond donors (Lipinski definition) is 3. The molecule has 0 aliphatic rings. The zero-order valence-corrected chi connectivity index (χ0v) is 7.14. The summed E-state index contributed by atoms with van der Waals surface area (Å²) in [6.45, 7) is 3.75. The molecule has 0 aliphatic heterocycles. The van der Waals surface area contributed by atoms with Gasteiger partial charge in [0.2, 0.25) is 5.91 Å². The number of nitrogens with one attached hydrogen (secondary N) is 2. The van der Waals surface area contributed by atoms with E-state index in [1.54, 1.807) is 0 Å². The number of amides is 1. The number of carbonyl (C=O) groups excluding carboxylic acids is 1. The van der Waals surface area contributed by atoms with Gasteiger partial charge in [-0.05, 0) is 13.8 Å². The number of carbonyl (C=O) groups is 1. The van der Waals surface area contributed by atoms with Crippen molar-refractivity contribution in [2.24, 2.45) is 5.73 Å². The minimum atomic E-state index is -0.232. The molecule has 0 unspecified atom stereocenters. The van der Waals surface area contributed by atoms with Gasteiger partial charge in [-0.25, -0.2) is 0 Å². The van der Waals surface area contributed by atoms with Gasteiger partial charge in [0.15, 0.2) is 5.82 Å². The van der Waals surface area contributed by atoms with Crippen LogP contribution in [0.5, 0.6) is 0 Å². The van der Waals surface area contributed by atoms with Crippen LogP contribution >= 0.6 is 0 Å². The second kappa shape index (κ2) is 3.36. The van der Waals surface area contributed by atoms with Crippen molar-refractivity contribution in [3.05, 3.63) is 11.3 Å². The van der Waals surface area contributed by atoms with Crippen LogP contribution in [0.3, 0.4) is 0 Å². The molecule has 0 atom stereocenters. The molecule has 0 saturated carbocycles. The van der Waals surface area contributed by atoms with Gasteiger partial charge in [0.1, 0.15) is 0 Å². The van der Waals surface area contributed by atoms with Crippen LogP contribution in [0, 0.1) is 13.8 Å². The van der Waals surface area contributed by atoms with E-state index in [1.807, 2.05) is 13.8 Å². The molecular formula is C7H12N4O. The standard InChI is InChI=1S/C7H12N4O/c1-4-5(2)10-11-7(4)9-6(12)3-8/h3,8H2,1-2H3,(H2,9,10,11,12). The highest BCUT2D eigenvalue weighted by Crippen LogP contribution is 2.12. The molecule has 1 heterocycles. The number of anilines is 1. The summed E-state index contributed by atoms with van der Waals surface area (Å²) in [7, 11) is 0. The zero-order chi connectivity index (χ0) is 9.14. The van der Waals surface area contributed by atoms with Crippen LogP contribution in [0.15, 0.2) is 0 Å². The third-order valence-corrected chi connectivity index (χ3v) is 1.70. The highest BCUT2D eigenvalue weighted by molar-refractivity contribution is 5.91. The van der Waals surface area contributed by atoms with Crippen molar-refractivity contribution < 1.29 is 4.79 Å². The molecule has 0 aliphatic carbocycles. The second-order valence-corrected chi connectivity index (χ2v) is 2.57. The van der Waals surface area contributed by atoms with Gasteiger partial charge in [-0.1, -0.05) is 0 Å². The molecule has 0 saturated heterocycles. The van der Waals surface area contributed by atoms with Crippen LogP contribution < -0.4 is 11.1 Å². The van der Waals surface area contributed by atoms with E-state index in [2.05, 4.69) is 15.5 Å². The first-order valence-electron chi connectivity index (χ1n) is 3.66. The molecule has 5 heteroatoms. The summed E-state index contributed by atoms with van der Waals surface area (Å²) in [5.74, 6) is 0.326. The van der Waals surface area contributed by atoms with Crippen molar-refractivity contribution in [2.75, 3.05) is 11.9 Å². The van der Waals surface area contributed by atoms with Gasteiger partial charge in [-0.3, -0.25) is 9.89 Å². The summed E-state index contributed by atoms with van der Waals surface area (Å²) in [5, 5.41) is 9.23. The Morgan fingerprint density at radius 2 is 2.33 bits per heavy atom. The van der Waals surface area contributed by atoms with Crippen molar-refractivity contribution in [3.8, 4) is 0 Å². The third kappa shape index (κ3) is 1.62. The highest BCUT2D eigenvalue weighted by Gasteiger charge is 2.07. The second-order valence-electron chi connectivity index (χ2n) is 2.57. The molecule has 66 valence electrons. The zero-order valence-electron chi connectivity index (χ0n) is 7.14. The number of aromatic nitrogens is 2. The van der Waals surface area contributed by atoms with Gasteiger partial charge in [-0.15, -0.1) is 0 Å². The highest BCUT2D eigenvalue weighted by atomic mass is 16.1. The van der Waals surface area contributed by atoms with Crippen molar-refractivity contribution in [1.82, 2.24) is 10.2 Å². The van der Waals surface area contributed by atoms with E-state index in [0.717, 1.165) is 11.3 Å². The van der Waals surface area contributed by atoms with E-state index in [4.69, 9.17) is 5.73 Å². The smallest absolute Gasteiger partial charge is 0.239 e. The van der Waals surface area contributed by atoms with Crippen molar-refractivity contribution >= 4 is 11.7 Å². The lowest BCUT2D eigenvalue weighted by Crippen LogP contribution is -2.22. The van der Waals surface area contributed by atoms with Gasteiger partial charge in [0.25, 0.3) is 0 Å². The fourth-order valence-corrected chi connectivity index (χ4v) is 0.790. The Morgan fingerprint density at radius 1 is 1.67 bits per heavy atom. The predicted molar refractivity (Wildman–Crippen MR) is 45.7 cm³/mol. The van der Waals surface area contributed by atoms with Crippen LogP contribution in [0.1, 0.15) is 11.3 Å². The average molecular weight is 168 g/mol. The summed E-state index contributed by atoms with van der Waals surface area (Å²) in [6.07, 6.45) is 0. The molecule has 0 fully saturated rings. The maximum atomic E-state index is 10.9. The quantitative estimate of drug-likeness (QED) is 0.577. The minimum Gasteiger partial charge on any atom is -0.322 e. The Hall–Kier alpha value is -1.36. The van der Waals surface area contributed by atoms with Crippen molar-refractivity contribution in [1.29, 1.82) is 0 Å². The normalized spacial score (nSPS) is 9.92. The molecular weight excluding hydrogens is 156 g/mol. The van der Waals surface area contributed by atoms with E-state index in [1.165, 1.54) is 0 Å². The number of H-pyrrole nitrogens is 1. The van der Waals surface area contributed by atoms with Gasteiger partial charge in [-0.2, -0.15) is 5.10 Å². The fraction of sp³-hybridized carbons (Fsp3) is 0.429. The molecule has 1 aromatic rings. The van der Waals surface area contributed by atoms with E-state index in [-0.39, 0.29) is 12.5 Å². The molecule has 1 amide bonds. The number of rotatable bonds is 2. The minimum absolute atomic E-state index is 0.0225. The van der Waals surface area contributed by atoms with Crippen LogP contribution in [-0.2, 0) is 4.79 Å². The van der Waals surface area contributed by atoms with Crippen molar-refractivity contribution in [2.45, 2.75) is 13.8 Å². The van der Waals surface area contributed by atoms with Crippen LogP contribution in [0.25, 0.3) is 0 Å². The molecule has 0 radical (unpaired) electrons. The van der Waals surface area contributed by atoms with Crippen LogP contribution in [-0.4, -0.2) is 22.6 Å². The van der Waals surface area contributed by atoms with E-state index < -0.39 is 0 Å². The average Bonchev–Trinajstić information content (AvgIpc) is 2.36. The Balaban J connectivity index is 2.76. The summed E-state index contributed by atoms with van der Waals surface area (Å²) in [4.78, 5) is 10.9. The van der Waals surface area contributed by atoms with Gasteiger partial charge in [0.05, 0.1) is 6.54 Å². The maximum absolute atomic E-state index is 10.9. The largest absolute Gasteiger partial charge is 0.322 e.